The van der Waals surface area contributed by atoms with Gasteiger partial charge >= 0.3 is 0 Å². The highest BCUT2D eigenvalue weighted by Gasteiger charge is 2.44. The van der Waals surface area contributed by atoms with Crippen LogP contribution in [0, 0.1) is 0 Å². The van der Waals surface area contributed by atoms with Gasteiger partial charge in [-0.25, -0.2) is 4.99 Å². The molecule has 1 aromatic heterocycles. The molecular weight excluding hydrogens is 447 g/mol. The molecule has 4 nitrogen and oxygen atoms in total. The fourth-order valence-electron chi connectivity index (χ4n) is 2.77. The molecule has 2 aromatic rings. The Morgan fingerprint density at radius 2 is 1.92 bits per heavy atom. The molecule has 0 atom stereocenters. The van der Waals surface area contributed by atoms with Gasteiger partial charge in [0.05, 0.1) is 12.2 Å². The monoisotopic (exact) mass is 470 g/mol. The van der Waals surface area contributed by atoms with E-state index in [9.17, 15) is 0 Å². The third kappa shape index (κ3) is 5.57. The number of aromatic nitrogens is 1. The third-order valence-electron chi connectivity index (χ3n) is 4.37. The number of guanidine groups is 1. The van der Waals surface area contributed by atoms with Crippen LogP contribution in [0.3, 0.4) is 0 Å². The smallest absolute Gasteiger partial charge is 0.191 e. The van der Waals surface area contributed by atoms with E-state index in [-0.39, 0.29) is 29.4 Å². The summed E-state index contributed by atoms with van der Waals surface area (Å²) in [6, 6.07) is 14.1. The number of nitrogens with zero attached hydrogens (tertiary/aromatic N) is 2. The summed E-state index contributed by atoms with van der Waals surface area (Å²) in [5, 5.41) is 7.57. The van der Waals surface area contributed by atoms with Gasteiger partial charge in [-0.05, 0) is 49.6 Å². The quantitative estimate of drug-likeness (QED) is 0.379. The number of hydrogen-bond donors (Lipinski definition) is 2. The summed E-state index contributed by atoms with van der Waals surface area (Å²) in [7, 11) is 0. The van der Waals surface area contributed by atoms with Gasteiger partial charge in [0.25, 0.3) is 0 Å². The molecule has 0 radical (unpaired) electrons. The van der Waals surface area contributed by atoms with Crippen molar-refractivity contribution in [2.45, 2.75) is 31.7 Å². The molecule has 0 aliphatic heterocycles. The maximum atomic E-state index is 6.00. The predicted octanol–water partition coefficient (Wildman–Crippen LogP) is 4.14. The second-order valence-corrected chi connectivity index (χ2v) is 6.59. The summed E-state index contributed by atoms with van der Waals surface area (Å²) in [6.07, 6.45) is 4.19. The molecular formula is C19H24ClIN4. The second kappa shape index (κ2) is 9.38. The lowest BCUT2D eigenvalue weighted by Crippen LogP contribution is -2.41. The van der Waals surface area contributed by atoms with E-state index < -0.39 is 0 Å². The van der Waals surface area contributed by atoms with E-state index in [2.05, 4.69) is 39.7 Å². The van der Waals surface area contributed by atoms with Crippen LogP contribution in [0.1, 0.15) is 31.0 Å². The summed E-state index contributed by atoms with van der Waals surface area (Å²) in [5.41, 5.74) is 2.53. The van der Waals surface area contributed by atoms with E-state index in [0.717, 1.165) is 29.8 Å². The van der Waals surface area contributed by atoms with Gasteiger partial charge in [-0.1, -0.05) is 29.8 Å². The molecule has 3 rings (SSSR count). The molecule has 134 valence electrons. The lowest BCUT2D eigenvalue weighted by molar-refractivity contribution is 0.645. The van der Waals surface area contributed by atoms with Crippen molar-refractivity contribution >= 4 is 41.5 Å². The van der Waals surface area contributed by atoms with E-state index in [1.54, 1.807) is 6.20 Å². The van der Waals surface area contributed by atoms with Crippen LogP contribution in [0.2, 0.25) is 5.02 Å². The Morgan fingerprint density at radius 3 is 2.52 bits per heavy atom. The van der Waals surface area contributed by atoms with Crippen LogP contribution >= 0.6 is 35.6 Å². The topological polar surface area (TPSA) is 49.3 Å². The number of benzene rings is 1. The van der Waals surface area contributed by atoms with Gasteiger partial charge in [-0.3, -0.25) is 4.98 Å². The highest BCUT2D eigenvalue weighted by molar-refractivity contribution is 14.0. The molecule has 0 amide bonds. The number of pyridine rings is 1. The van der Waals surface area contributed by atoms with E-state index in [1.807, 2.05) is 30.3 Å². The van der Waals surface area contributed by atoms with Gasteiger partial charge in [0.15, 0.2) is 5.96 Å². The summed E-state index contributed by atoms with van der Waals surface area (Å²) in [4.78, 5) is 8.95. The summed E-state index contributed by atoms with van der Waals surface area (Å²) in [5.74, 6) is 0.836. The number of rotatable bonds is 6. The van der Waals surface area contributed by atoms with Gasteiger partial charge in [-0.2, -0.15) is 0 Å². The van der Waals surface area contributed by atoms with Gasteiger partial charge < -0.3 is 10.6 Å². The number of hydrogen-bond acceptors (Lipinski definition) is 2. The van der Waals surface area contributed by atoms with Crippen LogP contribution in [0.4, 0.5) is 0 Å². The average Bonchev–Trinajstić information content (AvgIpc) is 3.40. The van der Waals surface area contributed by atoms with Gasteiger partial charge in [0.2, 0.25) is 0 Å². The lowest BCUT2D eigenvalue weighted by atomic mass is 9.96. The van der Waals surface area contributed by atoms with Crippen molar-refractivity contribution in [3.8, 4) is 0 Å². The Balaban J connectivity index is 0.00000225. The number of halogens is 2. The van der Waals surface area contributed by atoms with Crippen molar-refractivity contribution in [2.75, 3.05) is 13.1 Å². The van der Waals surface area contributed by atoms with Crippen molar-refractivity contribution in [1.29, 1.82) is 0 Å². The normalized spacial score (nSPS) is 15.2. The highest BCUT2D eigenvalue weighted by Crippen LogP contribution is 2.47. The molecule has 1 aliphatic rings. The van der Waals surface area contributed by atoms with Crippen LogP contribution in [0.5, 0.6) is 0 Å². The molecule has 0 unspecified atom stereocenters. The van der Waals surface area contributed by atoms with E-state index in [4.69, 9.17) is 11.6 Å². The van der Waals surface area contributed by atoms with E-state index in [0.29, 0.717) is 6.54 Å². The van der Waals surface area contributed by atoms with Gasteiger partial charge in [-0.15, -0.1) is 24.0 Å². The lowest BCUT2D eigenvalue weighted by Gasteiger charge is -2.19. The molecule has 0 saturated heterocycles. The number of aliphatic imine (C=N–C) groups is 1. The van der Waals surface area contributed by atoms with Crippen LogP contribution in [-0.2, 0) is 12.0 Å². The zero-order valence-corrected chi connectivity index (χ0v) is 17.4. The maximum absolute atomic E-state index is 6.00. The van der Waals surface area contributed by atoms with Crippen LogP contribution < -0.4 is 10.6 Å². The van der Waals surface area contributed by atoms with Gasteiger partial charge in [0, 0.05) is 29.7 Å². The first kappa shape index (κ1) is 20.0. The molecule has 1 saturated carbocycles. The Kier molecular flexibility index (Phi) is 7.50. The van der Waals surface area contributed by atoms with Crippen molar-refractivity contribution in [3.05, 3.63) is 64.9 Å². The Hall–Kier alpha value is -1.34. The van der Waals surface area contributed by atoms with Crippen molar-refractivity contribution < 1.29 is 0 Å². The molecule has 0 spiro atoms. The first-order chi connectivity index (χ1) is 11.7. The average molecular weight is 471 g/mol. The molecule has 1 aliphatic carbocycles. The molecule has 25 heavy (non-hydrogen) atoms. The van der Waals surface area contributed by atoms with Crippen molar-refractivity contribution in [2.24, 2.45) is 4.99 Å². The molecule has 0 bridgehead atoms. The molecule has 2 N–H and O–H groups in total. The third-order valence-corrected chi connectivity index (χ3v) is 4.63. The predicted molar refractivity (Wildman–Crippen MR) is 115 cm³/mol. The van der Waals surface area contributed by atoms with Crippen molar-refractivity contribution in [3.63, 3.8) is 0 Å². The fraction of sp³-hybridized carbons (Fsp3) is 0.368. The fourth-order valence-corrected chi connectivity index (χ4v) is 2.89. The Morgan fingerprint density at radius 1 is 1.16 bits per heavy atom. The number of nitrogens with one attached hydrogen (secondary N) is 2. The first-order valence-electron chi connectivity index (χ1n) is 8.40. The molecule has 1 heterocycles. The summed E-state index contributed by atoms with van der Waals surface area (Å²) in [6.45, 7) is 4.36. The van der Waals surface area contributed by atoms with Crippen LogP contribution in [0.25, 0.3) is 0 Å². The molecule has 1 fully saturated rings. The summed E-state index contributed by atoms with van der Waals surface area (Å²) < 4.78 is 0. The van der Waals surface area contributed by atoms with Crippen LogP contribution in [0.15, 0.2) is 53.7 Å². The largest absolute Gasteiger partial charge is 0.357 e. The Bertz CT molecular complexity index is 684. The molecule has 1 aromatic carbocycles. The maximum Gasteiger partial charge on any atom is 0.191 e. The van der Waals surface area contributed by atoms with Crippen molar-refractivity contribution in [1.82, 2.24) is 15.6 Å². The standard InChI is InChI=1S/C19H23ClN4.HI/c1-2-21-18(23-13-17-5-3-4-12-22-17)24-14-19(10-11-19)15-6-8-16(20)9-7-15;/h3-9,12H,2,10-11,13-14H2,1H3,(H2,21,23,24);1H. The molecule has 6 heteroatoms. The van der Waals surface area contributed by atoms with Gasteiger partial charge in [0.1, 0.15) is 0 Å². The zero-order chi connectivity index (χ0) is 16.8. The van der Waals surface area contributed by atoms with Crippen LogP contribution in [-0.4, -0.2) is 24.0 Å². The van der Waals surface area contributed by atoms with E-state index >= 15 is 0 Å². The zero-order valence-electron chi connectivity index (χ0n) is 14.3. The highest BCUT2D eigenvalue weighted by atomic mass is 127. The summed E-state index contributed by atoms with van der Waals surface area (Å²) >= 11 is 6.00. The second-order valence-electron chi connectivity index (χ2n) is 6.16. The minimum absolute atomic E-state index is 0. The SMILES string of the molecule is CCNC(=NCc1ccccn1)NCC1(c2ccc(Cl)cc2)CC1.I. The first-order valence-corrected chi connectivity index (χ1v) is 8.78. The Labute approximate surface area is 171 Å². The minimum Gasteiger partial charge on any atom is -0.357 e. The van der Waals surface area contributed by atoms with E-state index in [1.165, 1.54) is 18.4 Å². The minimum atomic E-state index is 0.